The van der Waals surface area contributed by atoms with Gasteiger partial charge >= 0.3 is 6.01 Å². The van der Waals surface area contributed by atoms with Crippen LogP contribution in [0.4, 0.5) is 0 Å². The van der Waals surface area contributed by atoms with Crippen LogP contribution in [0.25, 0.3) is 22.3 Å². The van der Waals surface area contributed by atoms with Gasteiger partial charge in [0.25, 0.3) is 0 Å². The number of phenols is 2. The normalized spacial score (nSPS) is 10.7. The van der Waals surface area contributed by atoms with Crippen molar-refractivity contribution >= 4 is 0 Å². The zero-order valence-electron chi connectivity index (χ0n) is 18.9. The molecule has 0 bridgehead atoms. The quantitative estimate of drug-likeness (QED) is 0.280. The molecule has 35 heavy (non-hydrogen) atoms. The van der Waals surface area contributed by atoms with Crippen molar-refractivity contribution in [3.05, 3.63) is 109 Å². The van der Waals surface area contributed by atoms with Gasteiger partial charge in [-0.25, -0.2) is 4.98 Å². The van der Waals surface area contributed by atoms with Gasteiger partial charge in [-0.3, -0.25) is 0 Å². The largest absolute Gasteiger partial charge is 0.508 e. The first-order valence-corrected chi connectivity index (χ1v) is 11.0. The fourth-order valence-electron chi connectivity index (χ4n) is 3.52. The number of rotatable bonds is 6. The third-order valence-corrected chi connectivity index (χ3v) is 5.44. The zero-order chi connectivity index (χ0) is 24.2. The van der Waals surface area contributed by atoms with E-state index in [4.69, 9.17) is 9.47 Å². The molecule has 0 fully saturated rings. The molecule has 0 aliphatic rings. The fourth-order valence-corrected chi connectivity index (χ4v) is 3.52. The lowest BCUT2D eigenvalue weighted by atomic mass is 10.1. The summed E-state index contributed by atoms with van der Waals surface area (Å²) >= 11 is 0. The predicted molar refractivity (Wildman–Crippen MR) is 134 cm³/mol. The van der Waals surface area contributed by atoms with Crippen LogP contribution in [0.1, 0.15) is 5.56 Å². The minimum Gasteiger partial charge on any atom is -0.508 e. The molecule has 4 aromatic carbocycles. The van der Waals surface area contributed by atoms with Crippen molar-refractivity contribution in [2.45, 2.75) is 6.92 Å². The summed E-state index contributed by atoms with van der Waals surface area (Å²) in [6.45, 7) is 1.87. The summed E-state index contributed by atoms with van der Waals surface area (Å²) in [6.07, 6.45) is 1.66. The molecule has 0 atom stereocenters. The van der Waals surface area contributed by atoms with E-state index in [9.17, 15) is 10.2 Å². The second-order valence-electron chi connectivity index (χ2n) is 7.99. The summed E-state index contributed by atoms with van der Waals surface area (Å²) in [6, 6.07) is 29.4. The average Bonchev–Trinajstić information content (AvgIpc) is 2.88. The highest BCUT2D eigenvalue weighted by molar-refractivity contribution is 5.65. The lowest BCUT2D eigenvalue weighted by molar-refractivity contribution is 0.409. The Kier molecular flexibility index (Phi) is 6.01. The molecule has 0 aliphatic carbocycles. The van der Waals surface area contributed by atoms with Crippen molar-refractivity contribution in [1.29, 1.82) is 0 Å². The van der Waals surface area contributed by atoms with Crippen LogP contribution in [-0.4, -0.2) is 20.2 Å². The predicted octanol–water partition coefficient (Wildman–Crippen LogP) is 7.11. The van der Waals surface area contributed by atoms with Gasteiger partial charge < -0.3 is 19.7 Å². The number of phenolic OH excluding ortho intramolecular Hbond substituents is 2. The SMILES string of the molecule is Cc1cnc(Oc2ccc(-c3ccc(O)cc3)cc2)nc1Oc1ccc(-c2ccc(O)cc2)cc1. The van der Waals surface area contributed by atoms with Gasteiger partial charge in [-0.2, -0.15) is 4.98 Å². The summed E-state index contributed by atoms with van der Waals surface area (Å²) < 4.78 is 11.8. The number of aromatic nitrogens is 2. The number of aryl methyl sites for hydroxylation is 1. The standard InChI is InChI=1S/C29H22N2O4/c1-19-18-30-29(35-27-16-8-23(9-17-27)21-4-12-25(33)13-5-21)31-28(19)34-26-14-6-22(7-15-26)20-2-10-24(32)11-3-20/h2-18,32-33H,1H3. The molecule has 172 valence electrons. The Morgan fingerprint density at radius 3 is 1.40 bits per heavy atom. The number of aromatic hydroxyl groups is 2. The molecule has 1 aromatic heterocycles. The maximum atomic E-state index is 9.47. The molecule has 0 unspecified atom stereocenters. The van der Waals surface area contributed by atoms with Gasteiger partial charge in [0.2, 0.25) is 5.88 Å². The van der Waals surface area contributed by atoms with Gasteiger partial charge in [0.1, 0.15) is 23.0 Å². The van der Waals surface area contributed by atoms with Gasteiger partial charge in [0, 0.05) is 11.8 Å². The molecular formula is C29H22N2O4. The van der Waals surface area contributed by atoms with Crippen LogP contribution in [0.15, 0.2) is 103 Å². The number of hydrogen-bond donors (Lipinski definition) is 2. The van der Waals surface area contributed by atoms with Gasteiger partial charge in [-0.1, -0.05) is 48.5 Å². The zero-order valence-corrected chi connectivity index (χ0v) is 18.9. The van der Waals surface area contributed by atoms with E-state index < -0.39 is 0 Å². The highest BCUT2D eigenvalue weighted by Gasteiger charge is 2.09. The minimum absolute atomic E-state index is 0.184. The monoisotopic (exact) mass is 462 g/mol. The smallest absolute Gasteiger partial charge is 0.325 e. The van der Waals surface area contributed by atoms with E-state index >= 15 is 0 Å². The average molecular weight is 463 g/mol. The molecule has 6 nitrogen and oxygen atoms in total. The van der Waals surface area contributed by atoms with Crippen LogP contribution in [0.3, 0.4) is 0 Å². The van der Waals surface area contributed by atoms with E-state index in [0.29, 0.717) is 17.4 Å². The summed E-state index contributed by atoms with van der Waals surface area (Å²) in [5, 5.41) is 18.9. The summed E-state index contributed by atoms with van der Waals surface area (Å²) in [5.41, 5.74) is 4.79. The Hall–Kier alpha value is -4.84. The van der Waals surface area contributed by atoms with Crippen LogP contribution < -0.4 is 9.47 Å². The van der Waals surface area contributed by atoms with Crippen LogP contribution in [-0.2, 0) is 0 Å². The van der Waals surface area contributed by atoms with Crippen LogP contribution >= 0.6 is 0 Å². The molecule has 0 radical (unpaired) electrons. The first-order valence-electron chi connectivity index (χ1n) is 11.0. The summed E-state index contributed by atoms with van der Waals surface area (Å²) in [4.78, 5) is 8.70. The van der Waals surface area contributed by atoms with Crippen molar-refractivity contribution in [2.75, 3.05) is 0 Å². The van der Waals surface area contributed by atoms with Crippen LogP contribution in [0.2, 0.25) is 0 Å². The van der Waals surface area contributed by atoms with Crippen molar-refractivity contribution in [3.8, 4) is 57.1 Å². The van der Waals surface area contributed by atoms with Crippen molar-refractivity contribution < 1.29 is 19.7 Å². The van der Waals surface area contributed by atoms with Crippen LogP contribution in [0, 0.1) is 6.92 Å². The highest BCUT2D eigenvalue weighted by atomic mass is 16.5. The van der Waals surface area contributed by atoms with Gasteiger partial charge in [0.05, 0.1) is 0 Å². The van der Waals surface area contributed by atoms with Gasteiger partial charge in [-0.15, -0.1) is 0 Å². The molecule has 0 saturated carbocycles. The van der Waals surface area contributed by atoms with Crippen molar-refractivity contribution in [2.24, 2.45) is 0 Å². The molecule has 0 spiro atoms. The van der Waals surface area contributed by atoms with E-state index in [1.165, 1.54) is 0 Å². The molecule has 5 rings (SSSR count). The maximum absolute atomic E-state index is 9.47. The molecule has 2 N–H and O–H groups in total. The maximum Gasteiger partial charge on any atom is 0.325 e. The number of nitrogens with zero attached hydrogens (tertiary/aromatic N) is 2. The first-order chi connectivity index (χ1) is 17.0. The molecular weight excluding hydrogens is 440 g/mol. The topological polar surface area (TPSA) is 84.7 Å². The Balaban J connectivity index is 1.29. The molecule has 5 aromatic rings. The van der Waals surface area contributed by atoms with Crippen LogP contribution in [0.5, 0.6) is 34.9 Å². The summed E-state index contributed by atoms with van der Waals surface area (Å²) in [5.74, 6) is 2.11. The van der Waals surface area contributed by atoms with Gasteiger partial charge in [-0.05, 0) is 77.7 Å². The summed E-state index contributed by atoms with van der Waals surface area (Å²) in [7, 11) is 0. The molecule has 0 saturated heterocycles. The Labute approximate surface area is 202 Å². The second-order valence-corrected chi connectivity index (χ2v) is 7.99. The number of benzene rings is 4. The highest BCUT2D eigenvalue weighted by Crippen LogP contribution is 2.30. The molecule has 6 heteroatoms. The Morgan fingerprint density at radius 1 is 0.543 bits per heavy atom. The minimum atomic E-state index is 0.184. The van der Waals surface area contributed by atoms with E-state index in [2.05, 4.69) is 9.97 Å². The van der Waals surface area contributed by atoms with E-state index in [-0.39, 0.29) is 17.5 Å². The first kappa shape index (κ1) is 22.0. The van der Waals surface area contributed by atoms with Gasteiger partial charge in [0.15, 0.2) is 0 Å². The molecule has 0 amide bonds. The fraction of sp³-hybridized carbons (Fsp3) is 0.0345. The lowest BCUT2D eigenvalue weighted by Gasteiger charge is -2.10. The van der Waals surface area contributed by atoms with Crippen molar-refractivity contribution in [1.82, 2.24) is 9.97 Å². The number of hydrogen-bond acceptors (Lipinski definition) is 6. The second kappa shape index (κ2) is 9.57. The Morgan fingerprint density at radius 2 is 0.943 bits per heavy atom. The number of ether oxygens (including phenoxy) is 2. The lowest BCUT2D eigenvalue weighted by Crippen LogP contribution is -1.97. The van der Waals surface area contributed by atoms with E-state index in [1.54, 1.807) is 30.5 Å². The third-order valence-electron chi connectivity index (χ3n) is 5.44. The molecule has 1 heterocycles. The van der Waals surface area contributed by atoms with E-state index in [1.807, 2.05) is 79.7 Å². The van der Waals surface area contributed by atoms with Crippen molar-refractivity contribution in [3.63, 3.8) is 0 Å². The van der Waals surface area contributed by atoms with E-state index in [0.717, 1.165) is 27.8 Å². The Bertz CT molecular complexity index is 1430. The third kappa shape index (κ3) is 5.23. The molecule has 0 aliphatic heterocycles.